The highest BCUT2D eigenvalue weighted by atomic mass is 16.5. The SMILES string of the molecule is CC(Cc1nc(C(C)N)no1)CC(C)(C)C. The molecule has 0 saturated carbocycles. The summed E-state index contributed by atoms with van der Waals surface area (Å²) in [4.78, 5) is 4.28. The van der Waals surface area contributed by atoms with E-state index in [9.17, 15) is 0 Å². The van der Waals surface area contributed by atoms with Crippen molar-refractivity contribution in [3.8, 4) is 0 Å². The van der Waals surface area contributed by atoms with E-state index in [-0.39, 0.29) is 6.04 Å². The zero-order valence-corrected chi connectivity index (χ0v) is 10.9. The van der Waals surface area contributed by atoms with Crippen LogP contribution in [0.2, 0.25) is 0 Å². The third-order valence-corrected chi connectivity index (χ3v) is 2.37. The molecule has 0 aliphatic rings. The van der Waals surface area contributed by atoms with Gasteiger partial charge in [-0.2, -0.15) is 4.98 Å². The van der Waals surface area contributed by atoms with Crippen LogP contribution in [0.5, 0.6) is 0 Å². The lowest BCUT2D eigenvalue weighted by Crippen LogP contribution is -2.13. The van der Waals surface area contributed by atoms with Gasteiger partial charge in [0.25, 0.3) is 0 Å². The smallest absolute Gasteiger partial charge is 0.226 e. The van der Waals surface area contributed by atoms with Gasteiger partial charge in [0.05, 0.1) is 6.04 Å². The minimum Gasteiger partial charge on any atom is -0.339 e. The van der Waals surface area contributed by atoms with Gasteiger partial charge < -0.3 is 10.3 Å². The van der Waals surface area contributed by atoms with Crippen LogP contribution in [-0.2, 0) is 6.42 Å². The van der Waals surface area contributed by atoms with Crippen LogP contribution in [0.1, 0.15) is 58.8 Å². The van der Waals surface area contributed by atoms with Crippen molar-refractivity contribution in [2.45, 2.75) is 53.5 Å². The molecule has 0 aromatic carbocycles. The molecular weight excluding hydrogens is 202 g/mol. The maximum atomic E-state index is 5.67. The summed E-state index contributed by atoms with van der Waals surface area (Å²) in [5, 5.41) is 3.85. The molecule has 1 rings (SSSR count). The second kappa shape index (κ2) is 4.95. The molecule has 0 fully saturated rings. The number of hydrogen-bond donors (Lipinski definition) is 1. The van der Waals surface area contributed by atoms with Crippen molar-refractivity contribution in [3.63, 3.8) is 0 Å². The van der Waals surface area contributed by atoms with Crippen molar-refractivity contribution in [1.29, 1.82) is 0 Å². The van der Waals surface area contributed by atoms with Crippen LogP contribution in [0.3, 0.4) is 0 Å². The molecule has 4 nitrogen and oxygen atoms in total. The summed E-state index contributed by atoms with van der Waals surface area (Å²) < 4.78 is 5.17. The van der Waals surface area contributed by atoms with E-state index < -0.39 is 0 Å². The maximum absolute atomic E-state index is 5.67. The standard InChI is InChI=1S/C12H23N3O/c1-8(7-12(3,4)5)6-10-14-11(9(2)13)15-16-10/h8-9H,6-7,13H2,1-5H3. The first kappa shape index (κ1) is 13.2. The van der Waals surface area contributed by atoms with E-state index in [1.807, 2.05) is 6.92 Å². The summed E-state index contributed by atoms with van der Waals surface area (Å²) in [5.74, 6) is 1.84. The quantitative estimate of drug-likeness (QED) is 0.855. The highest BCUT2D eigenvalue weighted by molar-refractivity contribution is 4.92. The first-order chi connectivity index (χ1) is 7.28. The Morgan fingerprint density at radius 2 is 1.94 bits per heavy atom. The summed E-state index contributed by atoms with van der Waals surface area (Å²) in [5.41, 5.74) is 6.01. The number of rotatable bonds is 4. The number of hydrogen-bond acceptors (Lipinski definition) is 4. The predicted molar refractivity (Wildman–Crippen MR) is 63.8 cm³/mol. The first-order valence-electron chi connectivity index (χ1n) is 5.86. The molecule has 92 valence electrons. The summed E-state index contributed by atoms with van der Waals surface area (Å²) in [6, 6.07) is -0.157. The van der Waals surface area contributed by atoms with Crippen LogP contribution < -0.4 is 5.73 Å². The molecule has 0 bridgehead atoms. The van der Waals surface area contributed by atoms with Gasteiger partial charge >= 0.3 is 0 Å². The third-order valence-electron chi connectivity index (χ3n) is 2.37. The van der Waals surface area contributed by atoms with Gasteiger partial charge in [-0.05, 0) is 24.7 Å². The molecular formula is C12H23N3O. The summed E-state index contributed by atoms with van der Waals surface area (Å²) in [6.45, 7) is 10.8. The lowest BCUT2D eigenvalue weighted by atomic mass is 9.84. The Morgan fingerprint density at radius 1 is 1.31 bits per heavy atom. The number of aromatic nitrogens is 2. The van der Waals surface area contributed by atoms with E-state index in [4.69, 9.17) is 10.3 Å². The molecule has 2 atom stereocenters. The van der Waals surface area contributed by atoms with E-state index in [0.717, 1.165) is 12.8 Å². The fraction of sp³-hybridized carbons (Fsp3) is 0.833. The molecule has 1 aromatic rings. The number of nitrogens with two attached hydrogens (primary N) is 1. The molecule has 4 heteroatoms. The van der Waals surface area contributed by atoms with Gasteiger partial charge in [-0.15, -0.1) is 0 Å². The Kier molecular flexibility index (Phi) is 4.08. The molecule has 0 saturated heterocycles. The predicted octanol–water partition coefficient (Wildman–Crippen LogP) is 2.70. The van der Waals surface area contributed by atoms with Crippen LogP contribution >= 0.6 is 0 Å². The molecule has 0 aliphatic carbocycles. The monoisotopic (exact) mass is 225 g/mol. The summed E-state index contributed by atoms with van der Waals surface area (Å²) in [6.07, 6.45) is 1.97. The Hall–Kier alpha value is -0.900. The second-order valence-electron chi connectivity index (χ2n) is 5.91. The zero-order chi connectivity index (χ0) is 12.3. The zero-order valence-electron chi connectivity index (χ0n) is 10.9. The molecule has 0 amide bonds. The average Bonchev–Trinajstić information content (AvgIpc) is 2.48. The molecule has 0 aliphatic heterocycles. The number of nitrogens with zero attached hydrogens (tertiary/aromatic N) is 2. The molecule has 1 aromatic heterocycles. The molecule has 16 heavy (non-hydrogen) atoms. The fourth-order valence-electron chi connectivity index (χ4n) is 1.95. The van der Waals surface area contributed by atoms with Gasteiger partial charge in [-0.3, -0.25) is 0 Å². The lowest BCUT2D eigenvalue weighted by molar-refractivity contribution is 0.282. The minimum atomic E-state index is -0.157. The van der Waals surface area contributed by atoms with Gasteiger partial charge in [0.1, 0.15) is 0 Å². The fourth-order valence-corrected chi connectivity index (χ4v) is 1.95. The Morgan fingerprint density at radius 3 is 2.38 bits per heavy atom. The Balaban J connectivity index is 2.53. The van der Waals surface area contributed by atoms with Crippen molar-refractivity contribution in [3.05, 3.63) is 11.7 Å². The van der Waals surface area contributed by atoms with Gasteiger partial charge in [0, 0.05) is 6.42 Å². The van der Waals surface area contributed by atoms with Crippen LogP contribution in [0.4, 0.5) is 0 Å². The highest BCUT2D eigenvalue weighted by Gasteiger charge is 2.18. The molecule has 0 radical (unpaired) electrons. The van der Waals surface area contributed by atoms with Crippen LogP contribution in [0, 0.1) is 11.3 Å². The van der Waals surface area contributed by atoms with Crippen LogP contribution in [0.15, 0.2) is 4.52 Å². The summed E-state index contributed by atoms with van der Waals surface area (Å²) >= 11 is 0. The van der Waals surface area contributed by atoms with Crippen molar-refractivity contribution in [2.75, 3.05) is 0 Å². The second-order valence-corrected chi connectivity index (χ2v) is 5.91. The minimum absolute atomic E-state index is 0.157. The topological polar surface area (TPSA) is 64.9 Å². The first-order valence-corrected chi connectivity index (χ1v) is 5.86. The van der Waals surface area contributed by atoms with Crippen molar-refractivity contribution in [2.24, 2.45) is 17.1 Å². The van der Waals surface area contributed by atoms with E-state index in [2.05, 4.69) is 37.8 Å². The Bertz CT molecular complexity index is 325. The molecule has 1 heterocycles. The van der Waals surface area contributed by atoms with Crippen molar-refractivity contribution in [1.82, 2.24) is 10.1 Å². The van der Waals surface area contributed by atoms with Crippen LogP contribution in [-0.4, -0.2) is 10.1 Å². The van der Waals surface area contributed by atoms with Gasteiger partial charge in [0.15, 0.2) is 5.82 Å². The van der Waals surface area contributed by atoms with Crippen molar-refractivity contribution >= 4 is 0 Å². The van der Waals surface area contributed by atoms with E-state index in [1.165, 1.54) is 0 Å². The molecule has 2 N–H and O–H groups in total. The van der Waals surface area contributed by atoms with E-state index >= 15 is 0 Å². The largest absolute Gasteiger partial charge is 0.339 e. The Labute approximate surface area is 97.6 Å². The molecule has 0 spiro atoms. The van der Waals surface area contributed by atoms with Gasteiger partial charge in [-0.25, -0.2) is 0 Å². The third kappa shape index (κ3) is 4.31. The van der Waals surface area contributed by atoms with Crippen LogP contribution in [0.25, 0.3) is 0 Å². The normalized spacial score (nSPS) is 16.1. The average molecular weight is 225 g/mol. The maximum Gasteiger partial charge on any atom is 0.226 e. The molecule has 2 unspecified atom stereocenters. The van der Waals surface area contributed by atoms with Gasteiger partial charge in [0.2, 0.25) is 5.89 Å². The van der Waals surface area contributed by atoms with Gasteiger partial charge in [-0.1, -0.05) is 32.9 Å². The highest BCUT2D eigenvalue weighted by Crippen LogP contribution is 2.26. The van der Waals surface area contributed by atoms with E-state index in [0.29, 0.717) is 23.0 Å². The lowest BCUT2D eigenvalue weighted by Gasteiger charge is -2.22. The van der Waals surface area contributed by atoms with Crippen molar-refractivity contribution < 1.29 is 4.52 Å². The summed E-state index contributed by atoms with van der Waals surface area (Å²) in [7, 11) is 0. The van der Waals surface area contributed by atoms with E-state index in [1.54, 1.807) is 0 Å².